The van der Waals surface area contributed by atoms with Gasteiger partial charge in [0.15, 0.2) is 0 Å². The molecule has 0 aliphatic carbocycles. The number of nitrogens with one attached hydrogen (secondary N) is 1. The first kappa shape index (κ1) is 14.6. The number of nitrogens with zero attached hydrogens (tertiary/aromatic N) is 1. The van der Waals surface area contributed by atoms with Crippen molar-refractivity contribution in [2.75, 3.05) is 6.26 Å². The van der Waals surface area contributed by atoms with Crippen molar-refractivity contribution in [1.29, 1.82) is 0 Å². The second kappa shape index (κ2) is 7.10. The zero-order valence-electron chi connectivity index (χ0n) is 11.7. The van der Waals surface area contributed by atoms with Gasteiger partial charge in [0.1, 0.15) is 0 Å². The molecule has 0 unspecified atom stereocenters. The maximum atomic E-state index is 12.1. The Labute approximate surface area is 123 Å². The lowest BCUT2D eigenvalue weighted by Gasteiger charge is -2.17. The van der Waals surface area contributed by atoms with E-state index in [0.29, 0.717) is 6.42 Å². The molecule has 1 aromatic carbocycles. The molecule has 0 spiro atoms. The van der Waals surface area contributed by atoms with Crippen LogP contribution in [0.25, 0.3) is 0 Å². The van der Waals surface area contributed by atoms with Gasteiger partial charge >= 0.3 is 0 Å². The molecule has 0 radical (unpaired) electrons. The van der Waals surface area contributed by atoms with Gasteiger partial charge < -0.3 is 5.32 Å². The van der Waals surface area contributed by atoms with Crippen molar-refractivity contribution < 1.29 is 4.79 Å². The standard InChI is InChI=1S/C16H18N2OS/c1-12(14-7-3-4-8-15(14)20-2)18-16(19)10-13-6-5-9-17-11-13/h3-9,11-12H,10H2,1-2H3,(H,18,19)/t12-/m0/s1. The lowest BCUT2D eigenvalue weighted by atomic mass is 10.1. The Bertz CT molecular complexity index is 572. The highest BCUT2D eigenvalue weighted by Crippen LogP contribution is 2.25. The summed E-state index contributed by atoms with van der Waals surface area (Å²) in [5.74, 6) is 0.0152. The number of carbonyl (C=O) groups excluding carboxylic acids is 1. The molecule has 1 heterocycles. The van der Waals surface area contributed by atoms with Gasteiger partial charge in [-0.15, -0.1) is 11.8 Å². The summed E-state index contributed by atoms with van der Waals surface area (Å²) in [5.41, 5.74) is 2.08. The third-order valence-corrected chi connectivity index (χ3v) is 3.88. The fraction of sp³-hybridized carbons (Fsp3) is 0.250. The highest BCUT2D eigenvalue weighted by molar-refractivity contribution is 7.98. The van der Waals surface area contributed by atoms with Crippen molar-refractivity contribution in [2.24, 2.45) is 0 Å². The zero-order valence-corrected chi connectivity index (χ0v) is 12.5. The Hall–Kier alpha value is -1.81. The van der Waals surface area contributed by atoms with Gasteiger partial charge in [-0.3, -0.25) is 9.78 Å². The SMILES string of the molecule is CSc1ccccc1[C@H](C)NC(=O)Cc1cccnc1. The van der Waals surface area contributed by atoms with E-state index in [0.717, 1.165) is 11.1 Å². The topological polar surface area (TPSA) is 42.0 Å². The first-order valence-corrected chi connectivity index (χ1v) is 7.74. The summed E-state index contributed by atoms with van der Waals surface area (Å²) >= 11 is 1.69. The van der Waals surface area contributed by atoms with E-state index in [1.54, 1.807) is 24.2 Å². The molecule has 20 heavy (non-hydrogen) atoms. The number of carbonyl (C=O) groups is 1. The van der Waals surface area contributed by atoms with E-state index in [9.17, 15) is 4.79 Å². The maximum Gasteiger partial charge on any atom is 0.224 e. The monoisotopic (exact) mass is 286 g/mol. The summed E-state index contributed by atoms with van der Waals surface area (Å²) in [5, 5.41) is 3.04. The fourth-order valence-corrected chi connectivity index (χ4v) is 2.78. The van der Waals surface area contributed by atoms with Crippen LogP contribution in [0.4, 0.5) is 0 Å². The molecule has 1 amide bonds. The number of thioether (sulfide) groups is 1. The van der Waals surface area contributed by atoms with Crippen LogP contribution in [-0.2, 0) is 11.2 Å². The van der Waals surface area contributed by atoms with E-state index in [-0.39, 0.29) is 11.9 Å². The average Bonchev–Trinajstić information content (AvgIpc) is 2.48. The summed E-state index contributed by atoms with van der Waals surface area (Å²) in [4.78, 5) is 17.3. The van der Waals surface area contributed by atoms with Crippen molar-refractivity contribution in [1.82, 2.24) is 10.3 Å². The van der Waals surface area contributed by atoms with Crippen molar-refractivity contribution in [2.45, 2.75) is 24.3 Å². The van der Waals surface area contributed by atoms with Gasteiger partial charge in [0.05, 0.1) is 12.5 Å². The Morgan fingerprint density at radius 1 is 1.30 bits per heavy atom. The van der Waals surface area contributed by atoms with Crippen LogP contribution in [0.1, 0.15) is 24.1 Å². The van der Waals surface area contributed by atoms with Gasteiger partial charge in [-0.2, -0.15) is 0 Å². The van der Waals surface area contributed by atoms with Gasteiger partial charge in [-0.1, -0.05) is 24.3 Å². The minimum Gasteiger partial charge on any atom is -0.349 e. The molecule has 2 rings (SSSR count). The minimum atomic E-state index is 0.00261. The highest BCUT2D eigenvalue weighted by atomic mass is 32.2. The van der Waals surface area contributed by atoms with E-state index in [1.165, 1.54) is 4.90 Å². The molecule has 2 aromatic rings. The third kappa shape index (κ3) is 3.84. The van der Waals surface area contributed by atoms with Crippen LogP contribution in [0.3, 0.4) is 0 Å². The number of pyridine rings is 1. The second-order valence-electron chi connectivity index (χ2n) is 4.57. The van der Waals surface area contributed by atoms with Gasteiger partial charge in [-0.25, -0.2) is 0 Å². The first-order chi connectivity index (χ1) is 9.70. The molecule has 0 bridgehead atoms. The van der Waals surface area contributed by atoms with Crippen LogP contribution in [-0.4, -0.2) is 17.1 Å². The minimum absolute atomic E-state index is 0.00261. The number of rotatable bonds is 5. The lowest BCUT2D eigenvalue weighted by molar-refractivity contribution is -0.121. The summed E-state index contributed by atoms with van der Waals surface area (Å²) in [6.45, 7) is 2.01. The lowest BCUT2D eigenvalue weighted by Crippen LogP contribution is -2.28. The number of hydrogen-bond donors (Lipinski definition) is 1. The van der Waals surface area contributed by atoms with Crippen molar-refractivity contribution in [3.05, 3.63) is 59.9 Å². The molecule has 0 aliphatic heterocycles. The second-order valence-corrected chi connectivity index (χ2v) is 5.42. The largest absolute Gasteiger partial charge is 0.349 e. The highest BCUT2D eigenvalue weighted by Gasteiger charge is 2.12. The van der Waals surface area contributed by atoms with Crippen molar-refractivity contribution >= 4 is 17.7 Å². The Morgan fingerprint density at radius 3 is 2.80 bits per heavy atom. The van der Waals surface area contributed by atoms with Crippen molar-refractivity contribution in [3.63, 3.8) is 0 Å². The summed E-state index contributed by atoms with van der Waals surface area (Å²) < 4.78 is 0. The molecule has 1 aromatic heterocycles. The van der Waals surface area contributed by atoms with Gasteiger partial charge in [-0.05, 0) is 36.4 Å². The molecule has 104 valence electrons. The summed E-state index contributed by atoms with van der Waals surface area (Å²) in [6, 6.07) is 11.9. The molecule has 4 heteroatoms. The molecule has 1 atom stereocenters. The van der Waals surface area contributed by atoms with E-state index in [2.05, 4.69) is 22.4 Å². The zero-order chi connectivity index (χ0) is 14.4. The molecule has 0 aliphatic rings. The van der Waals surface area contributed by atoms with Gasteiger partial charge in [0, 0.05) is 17.3 Å². The smallest absolute Gasteiger partial charge is 0.224 e. The Balaban J connectivity index is 2.00. The van der Waals surface area contributed by atoms with E-state index in [1.807, 2.05) is 37.4 Å². The molecule has 0 saturated heterocycles. The summed E-state index contributed by atoms with van der Waals surface area (Å²) in [6.07, 6.45) is 5.83. The predicted octanol–water partition coefficient (Wildman–Crippen LogP) is 3.22. The molecule has 3 nitrogen and oxygen atoms in total. The Kier molecular flexibility index (Phi) is 5.18. The number of hydrogen-bond acceptors (Lipinski definition) is 3. The van der Waals surface area contributed by atoms with E-state index >= 15 is 0 Å². The normalized spacial score (nSPS) is 11.9. The third-order valence-electron chi connectivity index (χ3n) is 3.07. The van der Waals surface area contributed by atoms with Crippen LogP contribution in [0.15, 0.2) is 53.7 Å². The van der Waals surface area contributed by atoms with Crippen LogP contribution in [0.5, 0.6) is 0 Å². The van der Waals surface area contributed by atoms with Crippen LogP contribution in [0, 0.1) is 0 Å². The molecule has 0 fully saturated rings. The van der Waals surface area contributed by atoms with Crippen LogP contribution in [0.2, 0.25) is 0 Å². The molecule has 1 N–H and O–H groups in total. The van der Waals surface area contributed by atoms with E-state index < -0.39 is 0 Å². The molecular weight excluding hydrogens is 268 g/mol. The number of amides is 1. The summed E-state index contributed by atoms with van der Waals surface area (Å²) in [7, 11) is 0. The number of aromatic nitrogens is 1. The van der Waals surface area contributed by atoms with Crippen LogP contribution >= 0.6 is 11.8 Å². The van der Waals surface area contributed by atoms with Crippen molar-refractivity contribution in [3.8, 4) is 0 Å². The quantitative estimate of drug-likeness (QED) is 0.858. The molecule has 0 saturated carbocycles. The number of benzene rings is 1. The van der Waals surface area contributed by atoms with Gasteiger partial charge in [0.25, 0.3) is 0 Å². The first-order valence-electron chi connectivity index (χ1n) is 6.52. The average molecular weight is 286 g/mol. The maximum absolute atomic E-state index is 12.1. The molecular formula is C16H18N2OS. The predicted molar refractivity (Wildman–Crippen MR) is 82.7 cm³/mol. The van der Waals surface area contributed by atoms with Gasteiger partial charge in [0.2, 0.25) is 5.91 Å². The van der Waals surface area contributed by atoms with E-state index in [4.69, 9.17) is 0 Å². The van der Waals surface area contributed by atoms with Crippen LogP contribution < -0.4 is 5.32 Å². The fourth-order valence-electron chi connectivity index (χ4n) is 2.08. The Morgan fingerprint density at radius 2 is 2.10 bits per heavy atom.